The molecule has 0 radical (unpaired) electrons. The van der Waals surface area contributed by atoms with Crippen molar-refractivity contribution in [2.24, 2.45) is 5.92 Å². The average Bonchev–Trinajstić information content (AvgIpc) is 3.35. The van der Waals surface area contributed by atoms with E-state index in [9.17, 15) is 18.8 Å². The number of nitrogens with zero attached hydrogens (tertiary/aromatic N) is 1. The minimum atomic E-state index is -0.801. The summed E-state index contributed by atoms with van der Waals surface area (Å²) in [7, 11) is 0. The fourth-order valence-electron chi connectivity index (χ4n) is 4.16. The Morgan fingerprint density at radius 3 is 2.74 bits per heavy atom. The van der Waals surface area contributed by atoms with E-state index in [4.69, 9.17) is 0 Å². The van der Waals surface area contributed by atoms with Crippen LogP contribution in [0.25, 0.3) is 0 Å². The zero-order chi connectivity index (χ0) is 23.9. The third-order valence-corrected chi connectivity index (χ3v) is 5.92. The van der Waals surface area contributed by atoms with E-state index in [-0.39, 0.29) is 16.8 Å². The van der Waals surface area contributed by atoms with Crippen LogP contribution in [0.1, 0.15) is 42.5 Å². The van der Waals surface area contributed by atoms with Crippen molar-refractivity contribution in [1.29, 1.82) is 0 Å². The first-order valence-electron chi connectivity index (χ1n) is 11.2. The molecule has 1 aliphatic rings. The van der Waals surface area contributed by atoms with Crippen LogP contribution in [0.3, 0.4) is 0 Å². The summed E-state index contributed by atoms with van der Waals surface area (Å²) in [6.45, 7) is 0. The smallest absolute Gasteiger partial charge is 0.252 e. The number of amides is 2. The van der Waals surface area contributed by atoms with E-state index >= 15 is 0 Å². The Balaban J connectivity index is 1.49. The quantitative estimate of drug-likeness (QED) is 0.403. The lowest BCUT2D eigenvalue weighted by molar-refractivity contribution is -0.118. The van der Waals surface area contributed by atoms with Crippen LogP contribution in [-0.2, 0) is 4.79 Å². The van der Waals surface area contributed by atoms with E-state index in [1.807, 2.05) is 0 Å². The molecule has 1 saturated carbocycles. The predicted molar refractivity (Wildman–Crippen MR) is 127 cm³/mol. The van der Waals surface area contributed by atoms with Crippen LogP contribution in [0.4, 0.5) is 21.5 Å². The number of carbonyl (C=O) groups excluding carboxylic acids is 2. The summed E-state index contributed by atoms with van der Waals surface area (Å²) in [6, 6.07) is 8.61. The van der Waals surface area contributed by atoms with Crippen LogP contribution < -0.4 is 21.4 Å². The molecule has 176 valence electrons. The molecule has 0 bridgehead atoms. The van der Waals surface area contributed by atoms with Gasteiger partial charge in [-0.1, -0.05) is 31.7 Å². The Bertz CT molecular complexity index is 1220. The van der Waals surface area contributed by atoms with Crippen molar-refractivity contribution in [3.63, 3.8) is 0 Å². The van der Waals surface area contributed by atoms with E-state index < -0.39 is 23.7 Å². The minimum Gasteiger partial charge on any atom is -0.366 e. The van der Waals surface area contributed by atoms with Crippen molar-refractivity contribution in [3.05, 3.63) is 82.8 Å². The molecule has 1 aromatic carbocycles. The Kier molecular flexibility index (Phi) is 7.31. The predicted octanol–water partition coefficient (Wildman–Crippen LogP) is 3.97. The summed E-state index contributed by atoms with van der Waals surface area (Å²) in [6.07, 6.45) is 10.2. The Labute approximate surface area is 196 Å². The fraction of sp³-hybridized carbons (Fsp3) is 0.280. The molecule has 2 aromatic heterocycles. The van der Waals surface area contributed by atoms with E-state index in [1.54, 1.807) is 24.3 Å². The van der Waals surface area contributed by atoms with Gasteiger partial charge in [0.05, 0.1) is 11.9 Å². The van der Waals surface area contributed by atoms with Gasteiger partial charge >= 0.3 is 0 Å². The lowest BCUT2D eigenvalue weighted by atomic mass is 9.97. The molecule has 8 nitrogen and oxygen atoms in total. The average molecular weight is 464 g/mol. The van der Waals surface area contributed by atoms with E-state index in [2.05, 4.69) is 25.9 Å². The van der Waals surface area contributed by atoms with Gasteiger partial charge in [0.2, 0.25) is 11.3 Å². The molecule has 1 fully saturated rings. The third kappa shape index (κ3) is 5.86. The number of H-pyrrole nitrogens is 1. The molecule has 2 heterocycles. The zero-order valence-electron chi connectivity index (χ0n) is 18.5. The van der Waals surface area contributed by atoms with Gasteiger partial charge in [-0.25, -0.2) is 4.39 Å². The number of pyridine rings is 2. The highest BCUT2D eigenvalue weighted by Crippen LogP contribution is 2.29. The Morgan fingerprint density at radius 1 is 1.15 bits per heavy atom. The number of benzene rings is 1. The molecule has 0 spiro atoms. The molecule has 2 amide bonds. The number of anilines is 3. The van der Waals surface area contributed by atoms with E-state index in [0.29, 0.717) is 23.6 Å². The zero-order valence-corrected chi connectivity index (χ0v) is 18.5. The summed E-state index contributed by atoms with van der Waals surface area (Å²) < 4.78 is 13.9. The number of nitrogens with one attached hydrogen (secondary N) is 4. The van der Waals surface area contributed by atoms with Crippen molar-refractivity contribution >= 4 is 28.9 Å². The van der Waals surface area contributed by atoms with E-state index in [0.717, 1.165) is 31.9 Å². The standard InChI is InChI=1S/C25H26FN5O3/c26-19-14-27-10-8-20(19)29-18-7-3-6-17(13-18)24(33)30-21(12-16-4-1-2-5-16)25(34)31-22-15-28-11-9-23(22)32/h3,6-11,13-16,21H,1-2,4-5,12H2,(H,27,29)(H,28,32)(H,30,33)(H,31,34)/t21-/m0/s1. The van der Waals surface area contributed by atoms with Crippen LogP contribution in [0.5, 0.6) is 0 Å². The van der Waals surface area contributed by atoms with Crippen LogP contribution in [-0.4, -0.2) is 27.8 Å². The molecule has 4 N–H and O–H groups in total. The van der Waals surface area contributed by atoms with Crippen LogP contribution in [0.15, 0.2) is 66.0 Å². The van der Waals surface area contributed by atoms with E-state index in [1.165, 1.54) is 30.7 Å². The SMILES string of the molecule is O=C(N[C@@H](CC1CCCC1)C(=O)Nc1c[nH]ccc1=O)c1cccc(Nc2ccncc2F)c1. The molecule has 0 aliphatic heterocycles. The molecule has 1 atom stereocenters. The fourth-order valence-corrected chi connectivity index (χ4v) is 4.16. The topological polar surface area (TPSA) is 116 Å². The Hall–Kier alpha value is -4.01. The second kappa shape index (κ2) is 10.7. The van der Waals surface area contributed by atoms with Gasteiger partial charge in [0.1, 0.15) is 11.7 Å². The highest BCUT2D eigenvalue weighted by molar-refractivity contribution is 6.01. The summed E-state index contributed by atoms with van der Waals surface area (Å²) in [5.74, 6) is -1.06. The molecule has 1 aliphatic carbocycles. The van der Waals surface area contributed by atoms with Crippen LogP contribution >= 0.6 is 0 Å². The summed E-state index contributed by atoms with van der Waals surface area (Å²) in [4.78, 5) is 44.6. The second-order valence-corrected chi connectivity index (χ2v) is 8.39. The van der Waals surface area contributed by atoms with Crippen LogP contribution in [0.2, 0.25) is 0 Å². The maximum absolute atomic E-state index is 13.9. The Morgan fingerprint density at radius 2 is 1.97 bits per heavy atom. The normalized spacial score (nSPS) is 14.4. The van der Waals surface area contributed by atoms with Crippen molar-refractivity contribution in [2.45, 2.75) is 38.1 Å². The van der Waals surface area contributed by atoms with Gasteiger partial charge in [-0.15, -0.1) is 0 Å². The highest BCUT2D eigenvalue weighted by atomic mass is 19.1. The molecule has 9 heteroatoms. The lowest BCUT2D eigenvalue weighted by Crippen LogP contribution is -2.45. The molecule has 0 saturated heterocycles. The first-order valence-corrected chi connectivity index (χ1v) is 11.2. The van der Waals surface area contributed by atoms with Gasteiger partial charge in [0, 0.05) is 35.9 Å². The molecule has 34 heavy (non-hydrogen) atoms. The van der Waals surface area contributed by atoms with Gasteiger partial charge in [-0.05, 0) is 36.6 Å². The summed E-state index contributed by atoms with van der Waals surface area (Å²) in [5, 5.41) is 8.39. The van der Waals surface area contributed by atoms with Crippen molar-refractivity contribution in [3.8, 4) is 0 Å². The van der Waals surface area contributed by atoms with Crippen molar-refractivity contribution < 1.29 is 14.0 Å². The summed E-state index contributed by atoms with van der Waals surface area (Å²) >= 11 is 0. The number of hydrogen-bond donors (Lipinski definition) is 4. The van der Waals surface area contributed by atoms with Gasteiger partial charge in [0.25, 0.3) is 5.91 Å². The number of rotatable bonds is 8. The van der Waals surface area contributed by atoms with Crippen molar-refractivity contribution in [1.82, 2.24) is 15.3 Å². The van der Waals surface area contributed by atoms with Gasteiger partial charge in [-0.2, -0.15) is 0 Å². The molecule has 0 unspecified atom stereocenters. The molecule has 4 rings (SSSR count). The maximum atomic E-state index is 13.9. The minimum absolute atomic E-state index is 0.128. The monoisotopic (exact) mass is 463 g/mol. The molecule has 3 aromatic rings. The second-order valence-electron chi connectivity index (χ2n) is 8.39. The maximum Gasteiger partial charge on any atom is 0.252 e. The third-order valence-electron chi connectivity index (χ3n) is 5.92. The number of aromatic nitrogens is 2. The van der Waals surface area contributed by atoms with Crippen molar-refractivity contribution in [2.75, 3.05) is 10.6 Å². The van der Waals surface area contributed by atoms with Crippen LogP contribution in [0, 0.1) is 11.7 Å². The number of aromatic amines is 1. The van der Waals surface area contributed by atoms with Gasteiger partial charge in [-0.3, -0.25) is 19.4 Å². The lowest BCUT2D eigenvalue weighted by Gasteiger charge is -2.21. The van der Waals surface area contributed by atoms with Gasteiger partial charge in [0.15, 0.2) is 5.82 Å². The summed E-state index contributed by atoms with van der Waals surface area (Å²) in [5.41, 5.74) is 0.884. The first-order chi connectivity index (χ1) is 16.5. The number of hydrogen-bond acceptors (Lipinski definition) is 5. The number of halogens is 1. The van der Waals surface area contributed by atoms with Gasteiger partial charge < -0.3 is 20.9 Å². The largest absolute Gasteiger partial charge is 0.366 e. The number of carbonyl (C=O) groups is 2. The first kappa shape index (κ1) is 23.2. The molecular weight excluding hydrogens is 437 g/mol. The highest BCUT2D eigenvalue weighted by Gasteiger charge is 2.27. The molecular formula is C25H26FN5O3.